The van der Waals surface area contributed by atoms with Gasteiger partial charge in [-0.25, -0.2) is 0 Å². The molecule has 66 heavy (non-hydrogen) atoms. The van der Waals surface area contributed by atoms with Crippen LogP contribution in [0, 0.1) is 0 Å². The lowest BCUT2D eigenvalue weighted by Gasteiger charge is -2.66. The molecule has 364 valence electrons. The molecule has 7 saturated carbocycles. The molecule has 1 atom stereocenters. The highest BCUT2D eigenvalue weighted by Gasteiger charge is 2.89. The molecule has 0 aromatic heterocycles. The Bertz CT molecular complexity index is 1780. The summed E-state index contributed by atoms with van der Waals surface area (Å²) in [5.41, 5.74) is 1.90. The van der Waals surface area contributed by atoms with Crippen LogP contribution in [-0.4, -0.2) is 79.0 Å². The summed E-state index contributed by atoms with van der Waals surface area (Å²) in [6.07, 6.45) is 28.1. The first-order chi connectivity index (χ1) is 32.1. The third kappa shape index (κ3) is 7.45. The Hall–Kier alpha value is 0.392. The van der Waals surface area contributed by atoms with Gasteiger partial charge in [0, 0.05) is 38.8 Å². The molecule has 7 aliphatic carbocycles. The molecular formula is C44H74O13Si9. The lowest BCUT2D eigenvalue weighted by atomic mass is 10.4. The van der Waals surface area contributed by atoms with E-state index >= 15 is 0 Å². The van der Waals surface area contributed by atoms with E-state index < -0.39 is 79.0 Å². The number of hydrogen-bond acceptors (Lipinski definition) is 13. The van der Waals surface area contributed by atoms with Gasteiger partial charge in [-0.3, -0.25) is 0 Å². The SMILES string of the molecule is C=C[Si](C)(O[Si]12O[Si]3(C4CCCC4)O[Si]4(C5CCCC5)O[Si](C5CCCC5)(O1)O[Si]1(C5CCCC5)O[Si](C5CCCC5)(O2)O[Si](C2CCCC2)(O3)O[Si](C2CCCC2)(O4)O1)c1ccccc1. The fourth-order valence-corrected chi connectivity index (χ4v) is 73.7. The van der Waals surface area contributed by atoms with Crippen molar-refractivity contribution in [2.75, 3.05) is 0 Å². The predicted octanol–water partition coefficient (Wildman–Crippen LogP) is 11.1. The fourth-order valence-electron chi connectivity index (χ4n) is 14.8. The van der Waals surface area contributed by atoms with Gasteiger partial charge in [-0.2, -0.15) is 0 Å². The van der Waals surface area contributed by atoms with Crippen molar-refractivity contribution in [3.8, 4) is 0 Å². The molecule has 13 fully saturated rings. The summed E-state index contributed by atoms with van der Waals surface area (Å²) < 4.78 is 110. The molecule has 13 aliphatic rings. The Kier molecular flexibility index (Phi) is 12.1. The van der Waals surface area contributed by atoms with Crippen molar-refractivity contribution in [1.29, 1.82) is 0 Å². The van der Waals surface area contributed by atoms with E-state index in [1.54, 1.807) is 0 Å². The van der Waals surface area contributed by atoms with Gasteiger partial charge in [-0.1, -0.05) is 126 Å². The molecule has 22 heteroatoms. The summed E-state index contributed by atoms with van der Waals surface area (Å²) in [5, 5.41) is 1.06. The Morgan fingerprint density at radius 3 is 0.803 bits per heavy atom. The number of rotatable bonds is 11. The lowest BCUT2D eigenvalue weighted by molar-refractivity contribution is -0.0607. The van der Waals surface area contributed by atoms with E-state index in [4.69, 9.17) is 53.5 Å². The molecule has 0 spiro atoms. The number of benzene rings is 1. The maximum atomic E-state index is 8.51. The molecule has 14 rings (SSSR count). The fraction of sp³-hybridized carbons (Fsp3) is 0.818. The molecular weight excluding hydrogens is 989 g/mol. The van der Waals surface area contributed by atoms with E-state index in [0.29, 0.717) is 0 Å². The summed E-state index contributed by atoms with van der Waals surface area (Å²) in [7, 11) is -36.2. The molecule has 0 N–H and O–H groups in total. The first-order valence-electron chi connectivity index (χ1n) is 26.9. The highest BCUT2D eigenvalue weighted by atomic mass is 28.6. The normalized spacial score (nSPS) is 46.3. The Balaban J connectivity index is 1.14. The summed E-state index contributed by atoms with van der Waals surface area (Å²) in [6.45, 7) is 6.72. The molecule has 0 radical (unpaired) electrons. The van der Waals surface area contributed by atoms with Crippen LogP contribution in [0.1, 0.15) is 180 Å². The second-order valence-electron chi connectivity index (χ2n) is 22.6. The average Bonchev–Trinajstić information content (AvgIpc) is 4.16. The first-order valence-corrected chi connectivity index (χ1v) is 43.6. The van der Waals surface area contributed by atoms with Crippen LogP contribution in [0.4, 0.5) is 0 Å². The van der Waals surface area contributed by atoms with Gasteiger partial charge in [-0.15, -0.1) is 6.58 Å². The molecule has 1 unspecified atom stereocenters. The Morgan fingerprint density at radius 2 is 0.591 bits per heavy atom. The highest BCUT2D eigenvalue weighted by Crippen LogP contribution is 2.66. The van der Waals surface area contributed by atoms with Crippen LogP contribution in [0.3, 0.4) is 0 Å². The van der Waals surface area contributed by atoms with Gasteiger partial charge in [0.2, 0.25) is 8.32 Å². The minimum atomic E-state index is -4.64. The maximum absolute atomic E-state index is 8.51. The zero-order chi connectivity index (χ0) is 44.4. The minimum absolute atomic E-state index is 0.00744. The van der Waals surface area contributed by atoms with Gasteiger partial charge >= 0.3 is 70.7 Å². The van der Waals surface area contributed by atoms with Crippen molar-refractivity contribution in [2.24, 2.45) is 0 Å². The van der Waals surface area contributed by atoms with Gasteiger partial charge in [0.05, 0.1) is 0 Å². The Labute approximate surface area is 403 Å². The maximum Gasteiger partial charge on any atom is 0.647 e. The molecule has 1 aromatic rings. The van der Waals surface area contributed by atoms with E-state index in [1.807, 2.05) is 5.70 Å². The van der Waals surface area contributed by atoms with Gasteiger partial charge in [0.15, 0.2) is 0 Å². The van der Waals surface area contributed by atoms with Crippen LogP contribution in [0.15, 0.2) is 42.6 Å². The largest absolute Gasteiger partial charge is 0.647 e. The zero-order valence-corrected chi connectivity index (χ0v) is 48.3. The van der Waals surface area contributed by atoms with Crippen molar-refractivity contribution in [3.05, 3.63) is 42.6 Å². The van der Waals surface area contributed by atoms with Crippen LogP contribution in [0.25, 0.3) is 0 Å². The van der Waals surface area contributed by atoms with E-state index in [9.17, 15) is 0 Å². The Morgan fingerprint density at radius 1 is 0.379 bits per heavy atom. The van der Waals surface area contributed by atoms with Gasteiger partial charge in [0.1, 0.15) is 0 Å². The smallest absolute Gasteiger partial charge is 0.387 e. The molecule has 13 nitrogen and oxygen atoms in total. The molecule has 8 bridgehead atoms. The van der Waals surface area contributed by atoms with Gasteiger partial charge in [0.25, 0.3) is 0 Å². The van der Waals surface area contributed by atoms with Crippen LogP contribution in [-0.2, 0) is 53.5 Å². The molecule has 6 aliphatic heterocycles. The second-order valence-corrected chi connectivity index (χ2v) is 51.6. The standard InChI is InChI=1S/C44H74O13Si9/c1-3-58(2,37-21-5-4-6-22-37)45-66-55-63(42-31-15-16-32-42)49-60(39-25-9-10-26-39)46-59(38-23-7-8-24-38)47-61(51-63,40-27-11-12-28-40)53-65(57-66,44-35-19-20-36-44)54-62(48-59,41-29-13-14-30-41)52-64(50-60,56-66)43-33-17-18-34-43/h3-6,21-22,38-44H,1,7-20,23-36H2,2H3. The summed E-state index contributed by atoms with van der Waals surface area (Å²) in [6, 6.07) is 10.5. The van der Waals surface area contributed by atoms with Crippen LogP contribution in [0.5, 0.6) is 0 Å². The van der Waals surface area contributed by atoms with Gasteiger partial charge in [-0.05, 0) is 102 Å². The molecule has 6 heterocycles. The third-order valence-corrected chi connectivity index (χ3v) is 61.3. The van der Waals surface area contributed by atoms with E-state index in [-0.39, 0.29) is 38.8 Å². The molecule has 0 amide bonds. The quantitative estimate of drug-likeness (QED) is 0.196. The van der Waals surface area contributed by atoms with E-state index in [2.05, 4.69) is 43.5 Å². The van der Waals surface area contributed by atoms with Crippen molar-refractivity contribution in [2.45, 2.75) is 225 Å². The van der Waals surface area contributed by atoms with Crippen molar-refractivity contribution in [1.82, 2.24) is 0 Å². The second kappa shape index (κ2) is 17.2. The van der Waals surface area contributed by atoms with Crippen molar-refractivity contribution < 1.29 is 53.5 Å². The number of hydrogen-bond donors (Lipinski definition) is 0. The monoisotopic (exact) mass is 1060 g/mol. The predicted molar refractivity (Wildman–Crippen MR) is 264 cm³/mol. The summed E-state index contributed by atoms with van der Waals surface area (Å²) in [5.74, 6) is 0. The lowest BCUT2D eigenvalue weighted by Crippen LogP contribution is -2.91. The summed E-state index contributed by atoms with van der Waals surface area (Å²) in [4.78, 5) is 0. The van der Waals surface area contributed by atoms with E-state index in [1.165, 1.54) is 0 Å². The van der Waals surface area contributed by atoms with Crippen LogP contribution < -0.4 is 5.19 Å². The van der Waals surface area contributed by atoms with Gasteiger partial charge < -0.3 is 53.5 Å². The van der Waals surface area contributed by atoms with E-state index in [0.717, 1.165) is 185 Å². The zero-order valence-electron chi connectivity index (χ0n) is 39.3. The van der Waals surface area contributed by atoms with Crippen LogP contribution in [0.2, 0.25) is 45.3 Å². The average molecular weight is 1060 g/mol. The topological polar surface area (TPSA) is 120 Å². The van der Waals surface area contributed by atoms with Crippen molar-refractivity contribution >= 4 is 84.2 Å². The minimum Gasteiger partial charge on any atom is -0.387 e. The third-order valence-electron chi connectivity index (χ3n) is 18.4. The van der Waals surface area contributed by atoms with Crippen LogP contribution >= 0.6 is 0 Å². The van der Waals surface area contributed by atoms with Crippen molar-refractivity contribution in [3.63, 3.8) is 0 Å². The highest BCUT2D eigenvalue weighted by molar-refractivity contribution is 7.05. The first kappa shape index (κ1) is 46.2. The molecule has 1 aromatic carbocycles. The summed E-state index contributed by atoms with van der Waals surface area (Å²) >= 11 is 0. The molecule has 6 saturated heterocycles.